The number of aliphatic hydroxyl groups excluding tert-OH is 1. The topological polar surface area (TPSA) is 84.9 Å². The zero-order valence-corrected chi connectivity index (χ0v) is 15.4. The Morgan fingerprint density at radius 3 is 2.31 bits per heavy atom. The second-order valence-corrected chi connectivity index (χ2v) is 8.05. The van der Waals surface area contributed by atoms with Crippen molar-refractivity contribution in [1.82, 2.24) is 4.72 Å². The predicted molar refractivity (Wildman–Crippen MR) is 96.9 cm³/mol. The van der Waals surface area contributed by atoms with E-state index in [9.17, 15) is 13.5 Å². The van der Waals surface area contributed by atoms with E-state index in [0.717, 1.165) is 11.1 Å². The van der Waals surface area contributed by atoms with E-state index < -0.39 is 21.9 Å². The molecule has 1 fully saturated rings. The lowest BCUT2D eigenvalue weighted by Crippen LogP contribution is -2.26. The van der Waals surface area contributed by atoms with Crippen molar-refractivity contribution in [1.29, 1.82) is 0 Å². The zero-order valence-electron chi connectivity index (χ0n) is 14.6. The number of benzene rings is 2. The van der Waals surface area contributed by atoms with Crippen molar-refractivity contribution >= 4 is 10.0 Å². The van der Waals surface area contributed by atoms with Gasteiger partial charge >= 0.3 is 0 Å². The van der Waals surface area contributed by atoms with Crippen LogP contribution in [-0.4, -0.2) is 33.3 Å². The van der Waals surface area contributed by atoms with Gasteiger partial charge in [-0.2, -0.15) is 0 Å². The Labute approximate surface area is 153 Å². The molecule has 1 saturated heterocycles. The highest BCUT2D eigenvalue weighted by atomic mass is 32.2. The molecule has 140 valence electrons. The molecule has 0 amide bonds. The van der Waals surface area contributed by atoms with E-state index in [1.54, 1.807) is 12.1 Å². The molecule has 7 heteroatoms. The van der Waals surface area contributed by atoms with Crippen molar-refractivity contribution < 1.29 is 23.0 Å². The molecule has 1 atom stereocenters. The third kappa shape index (κ3) is 4.31. The molecule has 2 aromatic rings. The Morgan fingerprint density at radius 2 is 1.69 bits per heavy atom. The SMILES string of the molecule is CC1(c2ccc(S(=O)(=O)NCC[C@@H](O)c3ccccc3)cc2)OCCO1. The summed E-state index contributed by atoms with van der Waals surface area (Å²) in [5.74, 6) is -0.824. The van der Waals surface area contributed by atoms with E-state index in [4.69, 9.17) is 9.47 Å². The van der Waals surface area contributed by atoms with E-state index in [1.807, 2.05) is 37.3 Å². The normalized spacial score (nSPS) is 17.9. The first-order valence-corrected chi connectivity index (χ1v) is 10.0. The summed E-state index contributed by atoms with van der Waals surface area (Å²) in [5, 5.41) is 10.1. The van der Waals surface area contributed by atoms with Crippen LogP contribution in [0, 0.1) is 0 Å². The molecule has 2 N–H and O–H groups in total. The molecule has 6 nitrogen and oxygen atoms in total. The van der Waals surface area contributed by atoms with Gasteiger partial charge in [0.1, 0.15) is 0 Å². The van der Waals surface area contributed by atoms with E-state index >= 15 is 0 Å². The molecule has 1 aliphatic heterocycles. The van der Waals surface area contributed by atoms with Crippen LogP contribution in [0.1, 0.15) is 30.6 Å². The van der Waals surface area contributed by atoms with Gasteiger partial charge in [0.05, 0.1) is 24.2 Å². The fourth-order valence-corrected chi connectivity index (χ4v) is 3.92. The summed E-state index contributed by atoms with van der Waals surface area (Å²) in [4.78, 5) is 0.164. The maximum atomic E-state index is 12.4. The van der Waals surface area contributed by atoms with E-state index in [2.05, 4.69) is 4.72 Å². The number of hydrogen-bond donors (Lipinski definition) is 2. The van der Waals surface area contributed by atoms with Gasteiger partial charge in [-0.1, -0.05) is 42.5 Å². The first kappa shape index (κ1) is 19.0. The molecule has 26 heavy (non-hydrogen) atoms. The number of sulfonamides is 1. The van der Waals surface area contributed by atoms with E-state index in [-0.39, 0.29) is 11.4 Å². The van der Waals surface area contributed by atoms with Crippen LogP contribution in [0.3, 0.4) is 0 Å². The largest absolute Gasteiger partial charge is 0.388 e. The van der Waals surface area contributed by atoms with Crippen molar-refractivity contribution in [3.05, 3.63) is 65.7 Å². The Kier molecular flexibility index (Phi) is 5.74. The highest BCUT2D eigenvalue weighted by Crippen LogP contribution is 2.31. The number of ether oxygens (including phenoxy) is 2. The second-order valence-electron chi connectivity index (χ2n) is 6.28. The van der Waals surface area contributed by atoms with Crippen LogP contribution in [0.15, 0.2) is 59.5 Å². The molecule has 1 aliphatic rings. The minimum absolute atomic E-state index is 0.143. The van der Waals surface area contributed by atoms with Crippen LogP contribution >= 0.6 is 0 Å². The van der Waals surface area contributed by atoms with Crippen LogP contribution in [0.25, 0.3) is 0 Å². The lowest BCUT2D eigenvalue weighted by molar-refractivity contribution is -0.149. The molecular weight excluding hydrogens is 354 g/mol. The van der Waals surface area contributed by atoms with Crippen LogP contribution in [0.2, 0.25) is 0 Å². The number of rotatable bonds is 7. The molecule has 0 spiro atoms. The van der Waals surface area contributed by atoms with Crippen LogP contribution in [0.5, 0.6) is 0 Å². The summed E-state index contributed by atoms with van der Waals surface area (Å²) in [5.41, 5.74) is 1.54. The van der Waals surface area contributed by atoms with Gasteiger partial charge in [-0.15, -0.1) is 0 Å². The van der Waals surface area contributed by atoms with Gasteiger partial charge < -0.3 is 14.6 Å². The Balaban J connectivity index is 1.59. The quantitative estimate of drug-likeness (QED) is 0.773. The average Bonchev–Trinajstić information content (AvgIpc) is 3.10. The molecule has 0 unspecified atom stereocenters. The molecule has 0 aliphatic carbocycles. The summed E-state index contributed by atoms with van der Waals surface area (Å²) in [6.07, 6.45) is -0.418. The monoisotopic (exact) mass is 377 g/mol. The van der Waals surface area contributed by atoms with Crippen molar-refractivity contribution in [2.45, 2.75) is 30.1 Å². The number of hydrogen-bond acceptors (Lipinski definition) is 5. The summed E-state index contributed by atoms with van der Waals surface area (Å²) in [6.45, 7) is 2.99. The maximum absolute atomic E-state index is 12.4. The average molecular weight is 377 g/mol. The number of aliphatic hydroxyl groups is 1. The van der Waals surface area contributed by atoms with Crippen molar-refractivity contribution in [3.63, 3.8) is 0 Å². The Bertz CT molecular complexity index is 815. The standard InChI is InChI=1S/C19H23NO5S/c1-19(24-13-14-25-19)16-7-9-17(10-8-16)26(22,23)20-12-11-18(21)15-5-3-2-4-6-15/h2-10,18,20-21H,11-14H2,1H3/t18-/m1/s1. The first-order valence-electron chi connectivity index (χ1n) is 8.52. The van der Waals surface area contributed by atoms with Crippen LogP contribution in [-0.2, 0) is 25.3 Å². The Morgan fingerprint density at radius 1 is 1.08 bits per heavy atom. The van der Waals surface area contributed by atoms with Crippen LogP contribution in [0.4, 0.5) is 0 Å². The molecule has 0 saturated carbocycles. The highest BCUT2D eigenvalue weighted by molar-refractivity contribution is 7.89. The van der Waals surface area contributed by atoms with Crippen molar-refractivity contribution in [3.8, 4) is 0 Å². The molecule has 2 aromatic carbocycles. The summed E-state index contributed by atoms with van der Waals surface area (Å²) >= 11 is 0. The van der Waals surface area contributed by atoms with Crippen molar-refractivity contribution in [2.75, 3.05) is 19.8 Å². The van der Waals surface area contributed by atoms with Gasteiger partial charge in [0.2, 0.25) is 10.0 Å². The highest BCUT2D eigenvalue weighted by Gasteiger charge is 2.33. The second kappa shape index (κ2) is 7.85. The lowest BCUT2D eigenvalue weighted by Gasteiger charge is -2.22. The summed E-state index contributed by atoms with van der Waals surface area (Å²) < 4.78 is 38.5. The maximum Gasteiger partial charge on any atom is 0.240 e. The van der Waals surface area contributed by atoms with Gasteiger partial charge in [-0.25, -0.2) is 13.1 Å². The number of nitrogens with one attached hydrogen (secondary N) is 1. The molecule has 1 heterocycles. The minimum atomic E-state index is -3.64. The van der Waals surface area contributed by atoms with E-state index in [0.29, 0.717) is 19.6 Å². The Hall–Kier alpha value is -1.77. The molecular formula is C19H23NO5S. The third-order valence-electron chi connectivity index (χ3n) is 4.42. The lowest BCUT2D eigenvalue weighted by atomic mass is 10.1. The van der Waals surface area contributed by atoms with Gasteiger partial charge in [-0.3, -0.25) is 0 Å². The molecule has 0 bridgehead atoms. The molecule has 0 aromatic heterocycles. The predicted octanol–water partition coefficient (Wildman–Crippen LogP) is 2.31. The van der Waals surface area contributed by atoms with Gasteiger partial charge in [0.15, 0.2) is 5.79 Å². The van der Waals surface area contributed by atoms with Crippen LogP contribution < -0.4 is 4.72 Å². The minimum Gasteiger partial charge on any atom is -0.388 e. The molecule has 3 rings (SSSR count). The van der Waals surface area contributed by atoms with E-state index in [1.165, 1.54) is 12.1 Å². The molecule has 0 radical (unpaired) electrons. The van der Waals surface area contributed by atoms with Crippen molar-refractivity contribution in [2.24, 2.45) is 0 Å². The fourth-order valence-electron chi connectivity index (χ4n) is 2.87. The fraction of sp³-hybridized carbons (Fsp3) is 0.368. The van der Waals surface area contributed by atoms with Gasteiger partial charge in [0, 0.05) is 12.1 Å². The summed E-state index contributed by atoms with van der Waals surface area (Å²) in [6, 6.07) is 15.6. The zero-order chi connectivity index (χ0) is 18.6. The smallest absolute Gasteiger partial charge is 0.240 e. The van der Waals surface area contributed by atoms with Gasteiger partial charge in [-0.05, 0) is 31.0 Å². The third-order valence-corrected chi connectivity index (χ3v) is 5.90. The first-order chi connectivity index (χ1) is 12.4. The van der Waals surface area contributed by atoms with Gasteiger partial charge in [0.25, 0.3) is 0 Å². The summed E-state index contributed by atoms with van der Waals surface area (Å²) in [7, 11) is -3.64.